The van der Waals surface area contributed by atoms with E-state index in [4.69, 9.17) is 4.42 Å². The third kappa shape index (κ3) is 2.99. The molecule has 156 valence electrons. The quantitative estimate of drug-likeness (QED) is 0.368. The van der Waals surface area contributed by atoms with Gasteiger partial charge < -0.3 is 4.42 Å². The molecule has 0 unspecified atom stereocenters. The molecule has 0 radical (unpaired) electrons. The van der Waals surface area contributed by atoms with Crippen LogP contribution in [0.5, 0.6) is 0 Å². The van der Waals surface area contributed by atoms with E-state index in [1.54, 1.807) is 4.57 Å². The Bertz CT molecular complexity index is 1630. The highest BCUT2D eigenvalue weighted by atomic mass is 32.2. The van der Waals surface area contributed by atoms with Crippen molar-refractivity contribution in [1.29, 1.82) is 0 Å². The second-order valence-electron chi connectivity index (χ2n) is 7.48. The van der Waals surface area contributed by atoms with Crippen LogP contribution in [-0.4, -0.2) is 24.1 Å². The molecular weight excluding hydrogens is 422 g/mol. The molecule has 32 heavy (non-hydrogen) atoms. The van der Waals surface area contributed by atoms with Crippen molar-refractivity contribution in [3.63, 3.8) is 0 Å². The predicted octanol–water partition coefficient (Wildman–Crippen LogP) is 4.78. The van der Waals surface area contributed by atoms with Gasteiger partial charge in [0.1, 0.15) is 5.52 Å². The average molecular weight is 440 g/mol. The van der Waals surface area contributed by atoms with Crippen molar-refractivity contribution in [2.24, 2.45) is 0 Å². The van der Waals surface area contributed by atoms with Crippen LogP contribution in [0.3, 0.4) is 0 Å². The van der Waals surface area contributed by atoms with Crippen molar-refractivity contribution < 1.29 is 4.42 Å². The largest absolute Gasteiger partial charge is 0.440 e. The SMILES string of the molecule is Cc1ccc(-n2c(=O)c3ccccc3n3c(SCc4nc5ccccc5o4)nnc23)cc1. The van der Waals surface area contributed by atoms with Crippen LogP contribution in [0, 0.1) is 6.92 Å². The minimum absolute atomic E-state index is 0.125. The van der Waals surface area contributed by atoms with Crippen LogP contribution in [0.2, 0.25) is 0 Å². The monoisotopic (exact) mass is 439 g/mol. The summed E-state index contributed by atoms with van der Waals surface area (Å²) in [7, 11) is 0. The third-order valence-electron chi connectivity index (χ3n) is 5.35. The first-order valence-corrected chi connectivity index (χ1v) is 11.1. The summed E-state index contributed by atoms with van der Waals surface area (Å²) in [4.78, 5) is 17.9. The second-order valence-corrected chi connectivity index (χ2v) is 8.42. The summed E-state index contributed by atoms with van der Waals surface area (Å²) in [5.74, 6) is 1.58. The van der Waals surface area contributed by atoms with E-state index in [1.165, 1.54) is 11.8 Å². The molecule has 0 saturated carbocycles. The fourth-order valence-electron chi connectivity index (χ4n) is 3.81. The molecule has 0 bridgehead atoms. The molecule has 3 aromatic carbocycles. The molecule has 8 heteroatoms. The Kier molecular flexibility index (Phi) is 4.32. The molecule has 0 atom stereocenters. The molecule has 3 heterocycles. The minimum Gasteiger partial charge on any atom is -0.440 e. The molecule has 0 N–H and O–H groups in total. The van der Waals surface area contributed by atoms with Gasteiger partial charge in [-0.25, -0.2) is 9.55 Å². The number of thioether (sulfide) groups is 1. The van der Waals surface area contributed by atoms with Gasteiger partial charge in [-0.2, -0.15) is 0 Å². The summed E-state index contributed by atoms with van der Waals surface area (Å²) in [5.41, 5.74) is 4.09. The Hall–Kier alpha value is -3.91. The van der Waals surface area contributed by atoms with E-state index in [9.17, 15) is 4.79 Å². The van der Waals surface area contributed by atoms with E-state index in [0.717, 1.165) is 27.9 Å². The molecule has 6 aromatic rings. The summed E-state index contributed by atoms with van der Waals surface area (Å²) >= 11 is 1.47. The van der Waals surface area contributed by atoms with Crippen LogP contribution >= 0.6 is 11.8 Å². The highest BCUT2D eigenvalue weighted by Crippen LogP contribution is 2.27. The highest BCUT2D eigenvalue weighted by molar-refractivity contribution is 7.98. The predicted molar refractivity (Wildman–Crippen MR) is 124 cm³/mol. The first kappa shape index (κ1) is 18.8. The summed E-state index contributed by atoms with van der Waals surface area (Å²) in [6.07, 6.45) is 0. The molecular formula is C24H17N5O2S. The maximum absolute atomic E-state index is 13.4. The van der Waals surface area contributed by atoms with Gasteiger partial charge in [-0.15, -0.1) is 10.2 Å². The first-order valence-electron chi connectivity index (χ1n) is 10.1. The first-order chi connectivity index (χ1) is 15.7. The van der Waals surface area contributed by atoms with Gasteiger partial charge in [0, 0.05) is 0 Å². The van der Waals surface area contributed by atoms with Crippen LogP contribution < -0.4 is 5.56 Å². The van der Waals surface area contributed by atoms with Gasteiger partial charge >= 0.3 is 0 Å². The maximum Gasteiger partial charge on any atom is 0.267 e. The topological polar surface area (TPSA) is 78.2 Å². The zero-order valence-corrected chi connectivity index (χ0v) is 17.9. The minimum atomic E-state index is -0.125. The standard InChI is InChI=1S/C24H17N5O2S/c1-15-10-12-16(13-11-15)28-22(30)17-6-2-4-8-19(17)29-23(28)26-27-24(29)32-14-21-25-18-7-3-5-9-20(18)31-21/h2-13H,14H2,1H3. The van der Waals surface area contributed by atoms with E-state index in [1.807, 2.05) is 84.1 Å². The molecule has 0 aliphatic carbocycles. The fraction of sp³-hybridized carbons (Fsp3) is 0.0833. The Morgan fingerprint density at radius 1 is 0.938 bits per heavy atom. The van der Waals surface area contributed by atoms with Crippen LogP contribution in [0.4, 0.5) is 0 Å². The number of hydrogen-bond donors (Lipinski definition) is 0. The molecule has 0 aliphatic heterocycles. The molecule has 0 aliphatic rings. The van der Waals surface area contributed by atoms with E-state index in [0.29, 0.717) is 28.0 Å². The maximum atomic E-state index is 13.4. The summed E-state index contributed by atoms with van der Waals surface area (Å²) < 4.78 is 9.37. The third-order valence-corrected chi connectivity index (χ3v) is 6.26. The molecule has 0 amide bonds. The van der Waals surface area contributed by atoms with E-state index in [-0.39, 0.29) is 5.56 Å². The number of nitrogens with zero attached hydrogens (tertiary/aromatic N) is 5. The van der Waals surface area contributed by atoms with Crippen LogP contribution in [0.1, 0.15) is 11.5 Å². The highest BCUT2D eigenvalue weighted by Gasteiger charge is 2.18. The van der Waals surface area contributed by atoms with Crippen LogP contribution in [-0.2, 0) is 5.75 Å². The van der Waals surface area contributed by atoms with Crippen molar-refractivity contribution in [1.82, 2.24) is 24.1 Å². The van der Waals surface area contributed by atoms with Gasteiger partial charge in [-0.1, -0.05) is 53.7 Å². The van der Waals surface area contributed by atoms with Gasteiger partial charge in [0.2, 0.25) is 11.7 Å². The van der Waals surface area contributed by atoms with Crippen molar-refractivity contribution in [3.8, 4) is 5.69 Å². The van der Waals surface area contributed by atoms with Gasteiger partial charge in [0.05, 0.1) is 22.3 Å². The lowest BCUT2D eigenvalue weighted by atomic mass is 10.2. The number of fused-ring (bicyclic) bond motifs is 4. The zero-order chi connectivity index (χ0) is 21.7. The lowest BCUT2D eigenvalue weighted by Crippen LogP contribution is -2.21. The summed E-state index contributed by atoms with van der Waals surface area (Å²) in [5, 5.41) is 10.1. The van der Waals surface area contributed by atoms with Crippen molar-refractivity contribution in [2.45, 2.75) is 17.8 Å². The van der Waals surface area contributed by atoms with Crippen LogP contribution in [0.15, 0.2) is 87.2 Å². The lowest BCUT2D eigenvalue weighted by molar-refractivity contribution is 0.556. The van der Waals surface area contributed by atoms with E-state index >= 15 is 0 Å². The Balaban J connectivity index is 1.51. The van der Waals surface area contributed by atoms with E-state index in [2.05, 4.69) is 15.2 Å². The van der Waals surface area contributed by atoms with Crippen molar-refractivity contribution in [2.75, 3.05) is 0 Å². The molecule has 3 aromatic heterocycles. The number of aromatic nitrogens is 5. The Morgan fingerprint density at radius 3 is 2.56 bits per heavy atom. The van der Waals surface area contributed by atoms with Crippen LogP contribution in [0.25, 0.3) is 33.5 Å². The number of para-hydroxylation sites is 3. The fourth-order valence-corrected chi connectivity index (χ4v) is 4.59. The number of rotatable bonds is 4. The number of oxazole rings is 1. The molecule has 0 fully saturated rings. The van der Waals surface area contributed by atoms with E-state index < -0.39 is 0 Å². The lowest BCUT2D eigenvalue weighted by Gasteiger charge is -2.11. The van der Waals surface area contributed by atoms with Gasteiger partial charge in [0.25, 0.3) is 5.56 Å². The zero-order valence-electron chi connectivity index (χ0n) is 17.1. The molecule has 0 spiro atoms. The molecule has 0 saturated heterocycles. The van der Waals surface area contributed by atoms with Gasteiger partial charge in [-0.05, 0) is 43.3 Å². The van der Waals surface area contributed by atoms with Gasteiger partial charge in [0.15, 0.2) is 10.7 Å². The number of hydrogen-bond acceptors (Lipinski definition) is 6. The molecule has 7 nitrogen and oxygen atoms in total. The van der Waals surface area contributed by atoms with Crippen molar-refractivity contribution >= 4 is 39.5 Å². The smallest absolute Gasteiger partial charge is 0.267 e. The Morgan fingerprint density at radius 2 is 1.72 bits per heavy atom. The van der Waals surface area contributed by atoms with Gasteiger partial charge in [-0.3, -0.25) is 9.20 Å². The average Bonchev–Trinajstić information content (AvgIpc) is 3.43. The Labute approximate surface area is 186 Å². The summed E-state index contributed by atoms with van der Waals surface area (Å²) in [6.45, 7) is 2.01. The second kappa shape index (κ2) is 7.35. The normalized spacial score (nSPS) is 11.7. The number of aryl methyl sites for hydroxylation is 1. The molecule has 6 rings (SSSR count). The summed E-state index contributed by atoms with van der Waals surface area (Å²) in [6, 6.07) is 23.0. The number of benzene rings is 3. The van der Waals surface area contributed by atoms with Crippen molar-refractivity contribution in [3.05, 3.63) is 94.6 Å².